The molecule has 37 heavy (non-hydrogen) atoms. The lowest BCUT2D eigenvalue weighted by Gasteiger charge is -2.45. The summed E-state index contributed by atoms with van der Waals surface area (Å²) in [6, 6.07) is 20.2. The van der Waals surface area contributed by atoms with Crippen molar-refractivity contribution in [3.05, 3.63) is 100 Å². The molecule has 3 atom stereocenters. The lowest BCUT2D eigenvalue weighted by Crippen LogP contribution is -2.47. The number of hydrogen-bond donors (Lipinski definition) is 1. The fourth-order valence-corrected chi connectivity index (χ4v) is 5.92. The van der Waals surface area contributed by atoms with Crippen LogP contribution in [0.3, 0.4) is 0 Å². The van der Waals surface area contributed by atoms with Gasteiger partial charge >= 0.3 is 0 Å². The molecule has 1 fully saturated rings. The largest absolute Gasteiger partial charge is 0.508 e. The van der Waals surface area contributed by atoms with Crippen molar-refractivity contribution >= 4 is 5.78 Å². The Kier molecular flexibility index (Phi) is 8.78. The minimum Gasteiger partial charge on any atom is -0.508 e. The second-order valence-corrected chi connectivity index (χ2v) is 10.7. The molecule has 4 nitrogen and oxygen atoms in total. The number of phenolic OH excluding ortho intramolecular Hbond substituents is 1. The van der Waals surface area contributed by atoms with Crippen molar-refractivity contribution in [3.8, 4) is 5.75 Å². The van der Waals surface area contributed by atoms with E-state index in [1.54, 1.807) is 30.3 Å². The van der Waals surface area contributed by atoms with Crippen LogP contribution in [0.25, 0.3) is 0 Å². The summed E-state index contributed by atoms with van der Waals surface area (Å²) in [4.78, 5) is 18.7. The van der Waals surface area contributed by atoms with Crippen LogP contribution in [-0.4, -0.2) is 61.0 Å². The van der Waals surface area contributed by atoms with Crippen molar-refractivity contribution in [1.29, 1.82) is 0 Å². The summed E-state index contributed by atoms with van der Waals surface area (Å²) >= 11 is 0. The number of rotatable bonds is 9. The van der Waals surface area contributed by atoms with Gasteiger partial charge in [-0.25, -0.2) is 4.39 Å². The maximum absolute atomic E-state index is 14.9. The molecular formula is C32H39FN2O2. The molecule has 1 aliphatic heterocycles. The van der Waals surface area contributed by atoms with Crippen molar-refractivity contribution in [1.82, 2.24) is 9.80 Å². The van der Waals surface area contributed by atoms with Crippen LogP contribution in [0.1, 0.15) is 57.3 Å². The standard InChI is InChI=1S/C32H39FN2O2/c1-22-11-5-6-14-26(22)28-20-35(18-8-7-17-34(3)4)21-29(32(37)24-12-9-13-25(36)19-24)31(28)27-15-10-16-30(33)23(27)2/h5-6,9-16,19,28-29,31,36H,7-8,17-18,20-21H2,1-4H3/t28-,29+,31-/m1/s1. The number of phenols is 1. The zero-order chi connectivity index (χ0) is 26.5. The first-order valence-corrected chi connectivity index (χ1v) is 13.3. The molecule has 0 aliphatic carbocycles. The van der Waals surface area contributed by atoms with Crippen molar-refractivity contribution < 1.29 is 14.3 Å². The molecule has 1 saturated heterocycles. The van der Waals surface area contributed by atoms with Gasteiger partial charge in [0.05, 0.1) is 0 Å². The van der Waals surface area contributed by atoms with E-state index in [1.165, 1.54) is 17.2 Å². The van der Waals surface area contributed by atoms with E-state index < -0.39 is 0 Å². The number of hydrogen-bond acceptors (Lipinski definition) is 4. The summed E-state index contributed by atoms with van der Waals surface area (Å²) < 4.78 is 14.9. The number of benzene rings is 3. The van der Waals surface area contributed by atoms with Crippen LogP contribution in [0, 0.1) is 25.6 Å². The molecule has 0 bridgehead atoms. The van der Waals surface area contributed by atoms with E-state index in [2.05, 4.69) is 49.0 Å². The van der Waals surface area contributed by atoms with Gasteiger partial charge < -0.3 is 14.9 Å². The molecule has 196 valence electrons. The minimum absolute atomic E-state index is 0.00105. The van der Waals surface area contributed by atoms with E-state index in [0.717, 1.165) is 38.0 Å². The number of nitrogens with zero attached hydrogens (tertiary/aromatic N) is 2. The first-order chi connectivity index (χ1) is 17.8. The number of ketones is 1. The Morgan fingerprint density at radius 3 is 2.43 bits per heavy atom. The van der Waals surface area contributed by atoms with Gasteiger partial charge in [-0.3, -0.25) is 4.79 Å². The van der Waals surface area contributed by atoms with Crippen molar-refractivity contribution in [3.63, 3.8) is 0 Å². The third-order valence-corrected chi connectivity index (χ3v) is 7.83. The molecule has 3 aromatic rings. The monoisotopic (exact) mass is 502 g/mol. The second kappa shape index (κ2) is 12.0. The summed E-state index contributed by atoms with van der Waals surface area (Å²) in [7, 11) is 4.18. The lowest BCUT2D eigenvalue weighted by molar-refractivity contribution is 0.0734. The molecule has 1 N–H and O–H groups in total. The van der Waals surface area contributed by atoms with E-state index >= 15 is 0 Å². The summed E-state index contributed by atoms with van der Waals surface area (Å²) in [5.41, 5.74) is 4.41. The van der Waals surface area contributed by atoms with E-state index in [4.69, 9.17) is 0 Å². The topological polar surface area (TPSA) is 43.8 Å². The van der Waals surface area contributed by atoms with E-state index in [9.17, 15) is 14.3 Å². The molecule has 0 spiro atoms. The molecule has 0 aromatic heterocycles. The van der Waals surface area contributed by atoms with Gasteiger partial charge in [0.2, 0.25) is 0 Å². The second-order valence-electron chi connectivity index (χ2n) is 10.7. The third-order valence-electron chi connectivity index (χ3n) is 7.83. The Morgan fingerprint density at radius 1 is 0.973 bits per heavy atom. The third kappa shape index (κ3) is 6.28. The number of likely N-dealkylation sites (tertiary alicyclic amines) is 1. The highest BCUT2D eigenvalue weighted by molar-refractivity contribution is 5.99. The summed E-state index contributed by atoms with van der Waals surface area (Å²) in [5.74, 6) is -0.664. The Labute approximate surface area is 220 Å². The number of Topliss-reactive ketones (excluding diaryl/α,β-unsaturated/α-hetero) is 1. The van der Waals surface area contributed by atoms with Crippen molar-refractivity contribution in [2.24, 2.45) is 5.92 Å². The average Bonchev–Trinajstić information content (AvgIpc) is 2.88. The Hall–Kier alpha value is -3.02. The number of piperidine rings is 1. The smallest absolute Gasteiger partial charge is 0.167 e. The van der Waals surface area contributed by atoms with E-state index in [0.29, 0.717) is 17.7 Å². The zero-order valence-corrected chi connectivity index (χ0v) is 22.5. The predicted octanol–water partition coefficient (Wildman–Crippen LogP) is 6.17. The number of carbonyl (C=O) groups excluding carboxylic acids is 1. The van der Waals surface area contributed by atoms with Gasteiger partial charge in [-0.05, 0) is 94.3 Å². The van der Waals surface area contributed by atoms with Crippen LogP contribution in [0.4, 0.5) is 4.39 Å². The van der Waals surface area contributed by atoms with Gasteiger partial charge in [0.25, 0.3) is 0 Å². The van der Waals surface area contributed by atoms with Crippen LogP contribution in [0.2, 0.25) is 0 Å². The number of halogens is 1. The fourth-order valence-electron chi connectivity index (χ4n) is 5.92. The molecule has 0 unspecified atom stereocenters. The summed E-state index contributed by atoms with van der Waals surface area (Å²) in [6.07, 6.45) is 2.14. The average molecular weight is 503 g/mol. The number of aromatic hydroxyl groups is 1. The first kappa shape index (κ1) is 27.0. The maximum atomic E-state index is 14.9. The van der Waals surface area contributed by atoms with Crippen LogP contribution in [-0.2, 0) is 0 Å². The molecule has 0 saturated carbocycles. The molecule has 0 radical (unpaired) electrons. The SMILES string of the molecule is Cc1ccccc1[C@H]1CN(CCCCN(C)C)C[C@H](C(=O)c2cccc(O)c2)[C@@H]1c1cccc(F)c1C. The predicted molar refractivity (Wildman–Crippen MR) is 148 cm³/mol. The molecule has 1 aliphatic rings. The van der Waals surface area contributed by atoms with Crippen LogP contribution in [0.5, 0.6) is 5.75 Å². The van der Waals surface area contributed by atoms with Crippen molar-refractivity contribution in [2.75, 3.05) is 40.3 Å². The van der Waals surface area contributed by atoms with Crippen LogP contribution >= 0.6 is 0 Å². The van der Waals surface area contributed by atoms with E-state index in [1.807, 2.05) is 19.1 Å². The fraction of sp³-hybridized carbons (Fsp3) is 0.406. The Morgan fingerprint density at radius 2 is 1.70 bits per heavy atom. The number of carbonyl (C=O) groups is 1. The van der Waals surface area contributed by atoms with Gasteiger partial charge in [0, 0.05) is 36.4 Å². The molecule has 3 aromatic carbocycles. The zero-order valence-electron chi connectivity index (χ0n) is 22.5. The van der Waals surface area contributed by atoms with Crippen LogP contribution in [0.15, 0.2) is 66.7 Å². The van der Waals surface area contributed by atoms with Crippen molar-refractivity contribution in [2.45, 2.75) is 38.5 Å². The van der Waals surface area contributed by atoms with Gasteiger partial charge in [0.15, 0.2) is 5.78 Å². The lowest BCUT2D eigenvalue weighted by atomic mass is 9.67. The number of unbranched alkanes of at least 4 members (excludes halogenated alkanes) is 1. The Bertz CT molecular complexity index is 1220. The molecule has 1 heterocycles. The highest BCUT2D eigenvalue weighted by Gasteiger charge is 2.43. The molecule has 0 amide bonds. The van der Waals surface area contributed by atoms with Gasteiger partial charge in [-0.2, -0.15) is 0 Å². The van der Waals surface area contributed by atoms with Crippen LogP contribution < -0.4 is 0 Å². The molecular weight excluding hydrogens is 463 g/mol. The quantitative estimate of drug-likeness (QED) is 0.281. The van der Waals surface area contributed by atoms with E-state index in [-0.39, 0.29) is 35.1 Å². The first-order valence-electron chi connectivity index (χ1n) is 13.3. The Balaban J connectivity index is 1.79. The maximum Gasteiger partial charge on any atom is 0.167 e. The molecule has 4 rings (SSSR count). The normalized spacial score (nSPS) is 20.3. The van der Waals surface area contributed by atoms with Gasteiger partial charge in [-0.15, -0.1) is 0 Å². The van der Waals surface area contributed by atoms with Gasteiger partial charge in [-0.1, -0.05) is 48.5 Å². The number of aryl methyl sites for hydroxylation is 1. The molecule has 5 heteroatoms. The highest BCUT2D eigenvalue weighted by atomic mass is 19.1. The van der Waals surface area contributed by atoms with Gasteiger partial charge in [0.1, 0.15) is 11.6 Å². The highest BCUT2D eigenvalue weighted by Crippen LogP contribution is 2.46. The summed E-state index contributed by atoms with van der Waals surface area (Å²) in [5, 5.41) is 10.1. The summed E-state index contributed by atoms with van der Waals surface area (Å²) in [6.45, 7) is 7.31. The minimum atomic E-state index is -0.366.